The van der Waals surface area contributed by atoms with Crippen molar-refractivity contribution in [3.05, 3.63) is 30.3 Å². The molecule has 1 saturated carbocycles. The first kappa shape index (κ1) is 9.58. The second-order valence-corrected chi connectivity index (χ2v) is 4.79. The lowest BCUT2D eigenvalue weighted by Crippen LogP contribution is -2.58. The van der Waals surface area contributed by atoms with Crippen molar-refractivity contribution in [2.75, 3.05) is 18.0 Å². The number of ketones is 2. The zero-order valence-electron chi connectivity index (χ0n) is 8.98. The van der Waals surface area contributed by atoms with E-state index >= 15 is 0 Å². The first-order valence-corrected chi connectivity index (χ1v) is 5.55. The van der Waals surface area contributed by atoms with Crippen LogP contribution in [0, 0.1) is 5.41 Å². The van der Waals surface area contributed by atoms with Crippen LogP contribution in [-0.4, -0.2) is 24.7 Å². The molecular formula is C13H13NO2. The van der Waals surface area contributed by atoms with Gasteiger partial charge in [0, 0.05) is 25.2 Å². The third-order valence-corrected chi connectivity index (χ3v) is 3.59. The van der Waals surface area contributed by atoms with Crippen LogP contribution in [0.5, 0.6) is 0 Å². The molecule has 1 spiro atoms. The van der Waals surface area contributed by atoms with Gasteiger partial charge < -0.3 is 4.90 Å². The number of rotatable bonds is 1. The van der Waals surface area contributed by atoms with Crippen LogP contribution in [-0.2, 0) is 9.59 Å². The van der Waals surface area contributed by atoms with Gasteiger partial charge in [0.15, 0.2) is 0 Å². The number of carbonyl (C=O) groups excluding carboxylic acids is 2. The second kappa shape index (κ2) is 3.17. The molecule has 1 aliphatic heterocycles. The average Bonchev–Trinajstić information content (AvgIpc) is 2.53. The Hall–Kier alpha value is -1.64. The quantitative estimate of drug-likeness (QED) is 0.665. The summed E-state index contributed by atoms with van der Waals surface area (Å²) < 4.78 is 0. The molecule has 0 N–H and O–H groups in total. The third-order valence-electron chi connectivity index (χ3n) is 3.59. The average molecular weight is 215 g/mol. The van der Waals surface area contributed by atoms with Gasteiger partial charge >= 0.3 is 0 Å². The molecule has 0 unspecified atom stereocenters. The zero-order valence-corrected chi connectivity index (χ0v) is 8.98. The molecule has 3 nitrogen and oxygen atoms in total. The van der Waals surface area contributed by atoms with E-state index in [9.17, 15) is 9.59 Å². The summed E-state index contributed by atoms with van der Waals surface area (Å²) in [6, 6.07) is 10.0. The van der Waals surface area contributed by atoms with Gasteiger partial charge in [-0.2, -0.15) is 0 Å². The summed E-state index contributed by atoms with van der Waals surface area (Å²) in [6.45, 7) is 1.42. The minimum Gasteiger partial charge on any atom is -0.369 e. The van der Waals surface area contributed by atoms with Gasteiger partial charge in [0.1, 0.15) is 11.6 Å². The van der Waals surface area contributed by atoms with E-state index < -0.39 is 0 Å². The SMILES string of the molecule is O=C1CC(=O)C2(C1)CN(c1ccccc1)C2. The Morgan fingerprint density at radius 2 is 1.75 bits per heavy atom. The Balaban J connectivity index is 1.75. The van der Waals surface area contributed by atoms with Crippen LogP contribution in [0.2, 0.25) is 0 Å². The molecule has 1 aromatic carbocycles. The fourth-order valence-corrected chi connectivity index (χ4v) is 2.70. The van der Waals surface area contributed by atoms with Gasteiger partial charge in [-0.05, 0) is 12.1 Å². The van der Waals surface area contributed by atoms with Crippen molar-refractivity contribution in [2.45, 2.75) is 12.8 Å². The van der Waals surface area contributed by atoms with Crippen LogP contribution in [0.1, 0.15) is 12.8 Å². The molecule has 0 amide bonds. The van der Waals surface area contributed by atoms with Gasteiger partial charge in [0.2, 0.25) is 0 Å². The fourth-order valence-electron chi connectivity index (χ4n) is 2.70. The van der Waals surface area contributed by atoms with Gasteiger partial charge in [-0.25, -0.2) is 0 Å². The molecule has 0 bridgehead atoms. The fraction of sp³-hybridized carbons (Fsp3) is 0.385. The van der Waals surface area contributed by atoms with Crippen molar-refractivity contribution in [1.29, 1.82) is 0 Å². The number of hydrogen-bond donors (Lipinski definition) is 0. The van der Waals surface area contributed by atoms with Crippen LogP contribution >= 0.6 is 0 Å². The molecule has 1 aromatic rings. The predicted octanol–water partition coefficient (Wildman–Crippen LogP) is 1.43. The minimum atomic E-state index is -0.340. The Bertz CT molecular complexity index is 446. The lowest BCUT2D eigenvalue weighted by atomic mass is 9.77. The van der Waals surface area contributed by atoms with E-state index in [2.05, 4.69) is 4.90 Å². The lowest BCUT2D eigenvalue weighted by molar-refractivity contribution is -0.127. The highest BCUT2D eigenvalue weighted by Gasteiger charge is 2.54. The standard InChI is InChI=1S/C13H13NO2/c15-11-6-12(16)13(7-11)8-14(9-13)10-4-2-1-3-5-10/h1-5H,6-9H2. The molecule has 2 fully saturated rings. The van der Waals surface area contributed by atoms with E-state index in [-0.39, 0.29) is 23.4 Å². The molecule has 0 radical (unpaired) electrons. The summed E-state index contributed by atoms with van der Waals surface area (Å²) in [5.74, 6) is 0.252. The highest BCUT2D eigenvalue weighted by Crippen LogP contribution is 2.43. The van der Waals surface area contributed by atoms with Crippen LogP contribution in [0.15, 0.2) is 30.3 Å². The maximum absolute atomic E-state index is 11.7. The highest BCUT2D eigenvalue weighted by atomic mass is 16.2. The van der Waals surface area contributed by atoms with Crippen LogP contribution in [0.4, 0.5) is 5.69 Å². The zero-order chi connectivity index (χ0) is 11.2. The van der Waals surface area contributed by atoms with Crippen LogP contribution in [0.25, 0.3) is 0 Å². The van der Waals surface area contributed by atoms with Crippen molar-refractivity contribution < 1.29 is 9.59 Å². The Morgan fingerprint density at radius 1 is 1.06 bits per heavy atom. The monoisotopic (exact) mass is 215 g/mol. The molecule has 16 heavy (non-hydrogen) atoms. The number of hydrogen-bond acceptors (Lipinski definition) is 3. The van der Waals surface area contributed by atoms with Crippen LogP contribution < -0.4 is 4.90 Å². The van der Waals surface area contributed by atoms with Crippen molar-refractivity contribution >= 4 is 17.3 Å². The second-order valence-electron chi connectivity index (χ2n) is 4.79. The first-order chi connectivity index (χ1) is 7.70. The number of nitrogens with zero attached hydrogens (tertiary/aromatic N) is 1. The molecule has 1 saturated heterocycles. The van der Waals surface area contributed by atoms with Gasteiger partial charge in [-0.15, -0.1) is 0 Å². The van der Waals surface area contributed by atoms with Gasteiger partial charge in [-0.1, -0.05) is 18.2 Å². The van der Waals surface area contributed by atoms with Crippen molar-refractivity contribution in [3.63, 3.8) is 0 Å². The molecular weight excluding hydrogens is 202 g/mol. The van der Waals surface area contributed by atoms with E-state index in [1.807, 2.05) is 30.3 Å². The third kappa shape index (κ3) is 1.28. The summed E-state index contributed by atoms with van der Waals surface area (Å²) in [7, 11) is 0. The molecule has 1 aliphatic carbocycles. The number of para-hydroxylation sites is 1. The van der Waals surface area contributed by atoms with Crippen LogP contribution in [0.3, 0.4) is 0 Å². The van der Waals surface area contributed by atoms with E-state index in [1.54, 1.807) is 0 Å². The van der Waals surface area contributed by atoms with E-state index in [4.69, 9.17) is 0 Å². The van der Waals surface area contributed by atoms with E-state index in [1.165, 1.54) is 0 Å². The number of carbonyl (C=O) groups is 2. The summed E-state index contributed by atoms with van der Waals surface area (Å²) >= 11 is 0. The van der Waals surface area contributed by atoms with Crippen molar-refractivity contribution in [3.8, 4) is 0 Å². The molecule has 3 rings (SSSR count). The number of anilines is 1. The van der Waals surface area contributed by atoms with Gasteiger partial charge in [0.25, 0.3) is 0 Å². The Morgan fingerprint density at radius 3 is 2.31 bits per heavy atom. The van der Waals surface area contributed by atoms with Gasteiger partial charge in [0.05, 0.1) is 11.8 Å². The van der Waals surface area contributed by atoms with Crippen molar-refractivity contribution in [1.82, 2.24) is 0 Å². The smallest absolute Gasteiger partial charge is 0.150 e. The topological polar surface area (TPSA) is 37.4 Å². The molecule has 1 heterocycles. The van der Waals surface area contributed by atoms with Gasteiger partial charge in [-0.3, -0.25) is 9.59 Å². The molecule has 0 atom stereocenters. The summed E-state index contributed by atoms with van der Waals surface area (Å²) in [5, 5.41) is 0. The number of benzene rings is 1. The summed E-state index contributed by atoms with van der Waals surface area (Å²) in [4.78, 5) is 25.1. The summed E-state index contributed by atoms with van der Waals surface area (Å²) in [5.41, 5.74) is 0.799. The predicted molar refractivity (Wildman–Crippen MR) is 60.3 cm³/mol. The summed E-state index contributed by atoms with van der Waals surface area (Å²) in [6.07, 6.45) is 0.609. The van der Waals surface area contributed by atoms with E-state index in [0.717, 1.165) is 5.69 Å². The minimum absolute atomic E-state index is 0.109. The first-order valence-electron chi connectivity index (χ1n) is 5.55. The van der Waals surface area contributed by atoms with E-state index in [0.29, 0.717) is 19.5 Å². The maximum Gasteiger partial charge on any atom is 0.150 e. The molecule has 2 aliphatic rings. The number of Topliss-reactive ketones (excluding diaryl/α,β-unsaturated/α-hetero) is 2. The normalized spacial score (nSPS) is 22.6. The molecule has 3 heteroatoms. The maximum atomic E-state index is 11.7. The lowest BCUT2D eigenvalue weighted by Gasteiger charge is -2.47. The van der Waals surface area contributed by atoms with Crippen molar-refractivity contribution in [2.24, 2.45) is 5.41 Å². The highest BCUT2D eigenvalue weighted by molar-refractivity contribution is 6.10. The molecule has 0 aromatic heterocycles. The Kier molecular flexibility index (Phi) is 1.90. The Labute approximate surface area is 94.1 Å². The largest absolute Gasteiger partial charge is 0.369 e. The molecule has 82 valence electrons.